The minimum absolute atomic E-state index is 0.228. The highest BCUT2D eigenvalue weighted by Crippen LogP contribution is 2.25. The molecular formula is C13H8BrFN4O. The maximum Gasteiger partial charge on any atom is 0.256 e. The molecule has 0 atom stereocenters. The summed E-state index contributed by atoms with van der Waals surface area (Å²) < 4.78 is 13.4. The van der Waals surface area contributed by atoms with Crippen molar-refractivity contribution >= 4 is 33.2 Å². The van der Waals surface area contributed by atoms with Crippen LogP contribution in [0, 0.1) is 5.82 Å². The van der Waals surface area contributed by atoms with E-state index in [-0.39, 0.29) is 11.3 Å². The van der Waals surface area contributed by atoms with Crippen molar-refractivity contribution < 1.29 is 9.18 Å². The molecule has 0 bridgehead atoms. The number of halogens is 2. The van der Waals surface area contributed by atoms with Crippen molar-refractivity contribution in [1.82, 2.24) is 0 Å². The standard InChI is InChI=1S/C13H8BrFN4O/c14-10-7-8(15)5-6-12(10)17-13(20)9-3-1-2-4-11(9)18-19-16/h1-7H,(H,17,20). The molecule has 1 N–H and O–H groups in total. The van der Waals surface area contributed by atoms with Gasteiger partial charge >= 0.3 is 0 Å². The van der Waals surface area contributed by atoms with E-state index in [2.05, 4.69) is 31.3 Å². The van der Waals surface area contributed by atoms with Gasteiger partial charge in [-0.15, -0.1) is 0 Å². The van der Waals surface area contributed by atoms with E-state index in [1.807, 2.05) is 0 Å². The molecule has 2 aromatic carbocycles. The average Bonchev–Trinajstić information content (AvgIpc) is 2.43. The highest BCUT2D eigenvalue weighted by Gasteiger charge is 2.11. The molecule has 0 aliphatic heterocycles. The van der Waals surface area contributed by atoms with Crippen molar-refractivity contribution in [2.24, 2.45) is 5.11 Å². The number of anilines is 1. The number of hydrogen-bond donors (Lipinski definition) is 1. The van der Waals surface area contributed by atoms with Crippen LogP contribution in [0.25, 0.3) is 10.4 Å². The number of carbonyl (C=O) groups excluding carboxylic acids is 1. The van der Waals surface area contributed by atoms with Gasteiger partial charge in [0.25, 0.3) is 5.91 Å². The predicted molar refractivity (Wildman–Crippen MR) is 77.3 cm³/mol. The number of hydrogen-bond acceptors (Lipinski definition) is 2. The summed E-state index contributed by atoms with van der Waals surface area (Å²) >= 11 is 3.16. The van der Waals surface area contributed by atoms with Gasteiger partial charge in [-0.25, -0.2) is 4.39 Å². The number of nitrogens with zero attached hydrogens (tertiary/aromatic N) is 3. The van der Waals surface area contributed by atoms with Crippen molar-refractivity contribution in [3.05, 3.63) is 68.8 Å². The quantitative estimate of drug-likeness (QED) is 0.489. The van der Waals surface area contributed by atoms with Crippen LogP contribution < -0.4 is 5.32 Å². The van der Waals surface area contributed by atoms with Crippen LogP contribution in [0.4, 0.5) is 15.8 Å². The van der Waals surface area contributed by atoms with Crippen molar-refractivity contribution in [3.8, 4) is 0 Å². The Morgan fingerprint density at radius 2 is 2.05 bits per heavy atom. The molecule has 0 aromatic heterocycles. The molecule has 0 radical (unpaired) electrons. The lowest BCUT2D eigenvalue weighted by molar-refractivity contribution is 0.102. The number of benzene rings is 2. The Labute approximate surface area is 122 Å². The molecule has 1 amide bonds. The largest absolute Gasteiger partial charge is 0.321 e. The summed E-state index contributed by atoms with van der Waals surface area (Å²) in [5, 5.41) is 6.07. The van der Waals surface area contributed by atoms with Crippen LogP contribution in [0.5, 0.6) is 0 Å². The van der Waals surface area contributed by atoms with Gasteiger partial charge in [0.05, 0.1) is 11.4 Å². The Hall–Kier alpha value is -2.37. The molecule has 0 unspecified atom stereocenters. The van der Waals surface area contributed by atoms with Gasteiger partial charge in [0.15, 0.2) is 0 Å². The summed E-state index contributed by atoms with van der Waals surface area (Å²) in [7, 11) is 0. The summed E-state index contributed by atoms with van der Waals surface area (Å²) in [5.74, 6) is -0.857. The van der Waals surface area contributed by atoms with Crippen LogP contribution in [-0.4, -0.2) is 5.91 Å². The van der Waals surface area contributed by atoms with E-state index in [1.54, 1.807) is 12.1 Å². The molecule has 7 heteroatoms. The maximum absolute atomic E-state index is 13.0. The summed E-state index contributed by atoms with van der Waals surface area (Å²) in [6, 6.07) is 10.3. The first-order valence-corrected chi connectivity index (χ1v) is 6.31. The first-order chi connectivity index (χ1) is 9.61. The second-order valence-corrected chi connectivity index (χ2v) is 4.64. The van der Waals surface area contributed by atoms with Gasteiger partial charge in [0.1, 0.15) is 5.82 Å². The molecule has 20 heavy (non-hydrogen) atoms. The van der Waals surface area contributed by atoms with Gasteiger partial charge < -0.3 is 5.32 Å². The zero-order chi connectivity index (χ0) is 14.5. The molecule has 0 saturated heterocycles. The van der Waals surface area contributed by atoms with E-state index in [1.165, 1.54) is 30.3 Å². The fraction of sp³-hybridized carbons (Fsp3) is 0. The molecule has 0 aliphatic carbocycles. The number of azide groups is 1. The number of nitrogens with one attached hydrogen (secondary N) is 1. The number of rotatable bonds is 3. The highest BCUT2D eigenvalue weighted by molar-refractivity contribution is 9.10. The fourth-order valence-electron chi connectivity index (χ4n) is 1.58. The van der Waals surface area contributed by atoms with Crippen molar-refractivity contribution in [2.45, 2.75) is 0 Å². The molecule has 2 rings (SSSR count). The van der Waals surface area contributed by atoms with Crippen LogP contribution in [0.1, 0.15) is 10.4 Å². The molecule has 0 saturated carbocycles. The number of carbonyl (C=O) groups is 1. The monoisotopic (exact) mass is 334 g/mol. The number of amides is 1. The highest BCUT2D eigenvalue weighted by atomic mass is 79.9. The normalized spacial score (nSPS) is 9.70. The zero-order valence-electron chi connectivity index (χ0n) is 10.0. The van der Waals surface area contributed by atoms with Gasteiger partial charge in [-0.05, 0) is 45.7 Å². The molecule has 0 fully saturated rings. The van der Waals surface area contributed by atoms with Gasteiger partial charge in [-0.3, -0.25) is 4.79 Å². The molecule has 0 heterocycles. The summed E-state index contributed by atoms with van der Waals surface area (Å²) in [5.41, 5.74) is 9.36. The van der Waals surface area contributed by atoms with E-state index in [0.717, 1.165) is 0 Å². The predicted octanol–water partition coefficient (Wildman–Crippen LogP) is 4.78. The lowest BCUT2D eigenvalue weighted by Crippen LogP contribution is -2.12. The van der Waals surface area contributed by atoms with Crippen LogP contribution >= 0.6 is 15.9 Å². The Balaban J connectivity index is 2.31. The van der Waals surface area contributed by atoms with Crippen LogP contribution in [0.2, 0.25) is 0 Å². The van der Waals surface area contributed by atoms with Gasteiger partial charge in [0, 0.05) is 14.9 Å². The minimum Gasteiger partial charge on any atom is -0.321 e. The Morgan fingerprint density at radius 1 is 1.30 bits per heavy atom. The molecule has 0 aliphatic rings. The molecule has 0 spiro atoms. The topological polar surface area (TPSA) is 77.9 Å². The van der Waals surface area contributed by atoms with E-state index in [0.29, 0.717) is 10.2 Å². The smallest absolute Gasteiger partial charge is 0.256 e. The average molecular weight is 335 g/mol. The lowest BCUT2D eigenvalue weighted by atomic mass is 10.1. The van der Waals surface area contributed by atoms with Gasteiger partial charge in [0.2, 0.25) is 0 Å². The van der Waals surface area contributed by atoms with Crippen molar-refractivity contribution in [2.75, 3.05) is 5.32 Å². The van der Waals surface area contributed by atoms with E-state index in [4.69, 9.17) is 5.53 Å². The zero-order valence-corrected chi connectivity index (χ0v) is 11.6. The van der Waals surface area contributed by atoms with Crippen molar-refractivity contribution in [1.29, 1.82) is 0 Å². The third kappa shape index (κ3) is 3.14. The molecular weight excluding hydrogens is 327 g/mol. The third-order valence-corrected chi connectivity index (χ3v) is 3.14. The van der Waals surface area contributed by atoms with Gasteiger partial charge in [-0.1, -0.05) is 23.3 Å². The van der Waals surface area contributed by atoms with Crippen LogP contribution in [0.3, 0.4) is 0 Å². The van der Waals surface area contributed by atoms with E-state index < -0.39 is 11.7 Å². The summed E-state index contributed by atoms with van der Waals surface area (Å²) in [4.78, 5) is 14.8. The fourth-order valence-corrected chi connectivity index (χ4v) is 2.03. The molecule has 5 nitrogen and oxygen atoms in total. The lowest BCUT2D eigenvalue weighted by Gasteiger charge is -2.09. The third-order valence-electron chi connectivity index (χ3n) is 2.48. The van der Waals surface area contributed by atoms with Crippen LogP contribution in [0.15, 0.2) is 52.1 Å². The summed E-state index contributed by atoms with van der Waals surface area (Å²) in [6.45, 7) is 0. The van der Waals surface area contributed by atoms with Crippen molar-refractivity contribution in [3.63, 3.8) is 0 Å². The molecule has 100 valence electrons. The van der Waals surface area contributed by atoms with Gasteiger partial charge in [-0.2, -0.15) is 0 Å². The minimum atomic E-state index is -0.444. The van der Waals surface area contributed by atoms with E-state index in [9.17, 15) is 9.18 Å². The Kier molecular flexibility index (Phi) is 4.34. The summed E-state index contributed by atoms with van der Waals surface area (Å²) in [6.07, 6.45) is 0. The first kappa shape index (κ1) is 14.0. The van der Waals surface area contributed by atoms with Crippen LogP contribution in [-0.2, 0) is 0 Å². The second kappa shape index (κ2) is 6.18. The first-order valence-electron chi connectivity index (χ1n) is 5.52. The SMILES string of the molecule is [N-]=[N+]=Nc1ccccc1C(=O)Nc1ccc(F)cc1Br. The second-order valence-electron chi connectivity index (χ2n) is 3.78. The molecule has 2 aromatic rings. The van der Waals surface area contributed by atoms with E-state index >= 15 is 0 Å². The maximum atomic E-state index is 13.0. The Bertz CT molecular complexity index is 713. The Morgan fingerprint density at radius 3 is 2.75 bits per heavy atom.